The maximum Gasteiger partial charge on any atom is 0.302 e. The number of nitrogens with two attached hydrogens (primary N) is 1. The number of carbonyl (C=O) groups is 1. The highest BCUT2D eigenvalue weighted by atomic mass is 16.5. The fourth-order valence-corrected chi connectivity index (χ4v) is 4.84. The normalized spacial score (nSPS) is 22.6. The van der Waals surface area contributed by atoms with Gasteiger partial charge in [-0.25, -0.2) is 0 Å². The van der Waals surface area contributed by atoms with Crippen molar-refractivity contribution in [3.63, 3.8) is 0 Å². The van der Waals surface area contributed by atoms with Gasteiger partial charge in [0.05, 0.1) is 19.8 Å². The van der Waals surface area contributed by atoms with Crippen LogP contribution in [-0.4, -0.2) is 60.2 Å². The molecule has 0 heterocycles. The third kappa shape index (κ3) is 8.06. The molecule has 0 radical (unpaired) electrons. The Morgan fingerprint density at radius 2 is 2.06 bits per heavy atom. The molecular formula is C25H41N3O6. The molecular weight excluding hydrogens is 438 g/mol. The largest absolute Gasteiger partial charge is 0.504 e. The Bertz CT molecular complexity index is 831. The molecule has 0 spiro atoms. The van der Waals surface area contributed by atoms with Crippen LogP contribution in [0.5, 0.6) is 11.5 Å². The highest BCUT2D eigenvalue weighted by Crippen LogP contribution is 2.37. The van der Waals surface area contributed by atoms with Crippen LogP contribution in [0.1, 0.15) is 57.1 Å². The topological polar surface area (TPSA) is 147 Å². The lowest BCUT2D eigenvalue weighted by Crippen LogP contribution is -2.41. The van der Waals surface area contributed by atoms with Crippen molar-refractivity contribution in [1.82, 2.24) is 5.32 Å². The average molecular weight is 480 g/mol. The minimum Gasteiger partial charge on any atom is -0.504 e. The van der Waals surface area contributed by atoms with Crippen molar-refractivity contribution in [3.8, 4) is 11.5 Å². The second-order valence-electron chi connectivity index (χ2n) is 9.32. The Balaban J connectivity index is 2.03. The molecule has 1 aliphatic carbocycles. The summed E-state index contributed by atoms with van der Waals surface area (Å²) in [6, 6.07) is 3.17. The van der Waals surface area contributed by atoms with Crippen LogP contribution >= 0.6 is 0 Å². The number of aryl methyl sites for hydroxylation is 1. The summed E-state index contributed by atoms with van der Waals surface area (Å²) in [5.41, 5.74) is 7.17. The molecule has 0 amide bonds. The Hall–Kier alpha value is -2.52. The summed E-state index contributed by atoms with van der Waals surface area (Å²) in [6.07, 6.45) is 3.08. The molecule has 1 aromatic carbocycles. The first-order valence-corrected chi connectivity index (χ1v) is 12.0. The maximum absolute atomic E-state index is 11.7. The summed E-state index contributed by atoms with van der Waals surface area (Å²) >= 11 is 0. The second kappa shape index (κ2) is 13.4. The van der Waals surface area contributed by atoms with Crippen molar-refractivity contribution in [2.75, 3.05) is 20.7 Å². The van der Waals surface area contributed by atoms with Crippen LogP contribution in [0.3, 0.4) is 0 Å². The number of esters is 1. The molecule has 0 saturated heterocycles. The van der Waals surface area contributed by atoms with Gasteiger partial charge in [-0.3, -0.25) is 9.79 Å². The number of rotatable bonds is 11. The molecule has 6 N–H and O–H groups in total. The van der Waals surface area contributed by atoms with Crippen LogP contribution in [0.4, 0.5) is 0 Å². The number of aliphatic hydroxyl groups is 2. The number of aromatic hydroxyl groups is 1. The summed E-state index contributed by atoms with van der Waals surface area (Å²) in [4.78, 5) is 15.7. The molecule has 0 bridgehead atoms. The molecule has 192 valence electrons. The molecule has 2 rings (SSSR count). The number of hydrogen-bond acceptors (Lipinski definition) is 7. The highest BCUT2D eigenvalue weighted by molar-refractivity contribution is 5.77. The van der Waals surface area contributed by atoms with Gasteiger partial charge in [0.15, 0.2) is 17.5 Å². The Kier molecular flexibility index (Phi) is 10.9. The van der Waals surface area contributed by atoms with Gasteiger partial charge in [0, 0.05) is 26.9 Å². The average Bonchev–Trinajstić information content (AvgIpc) is 2.81. The molecule has 0 unspecified atom stereocenters. The predicted molar refractivity (Wildman–Crippen MR) is 131 cm³/mol. The van der Waals surface area contributed by atoms with E-state index < -0.39 is 18.2 Å². The summed E-state index contributed by atoms with van der Waals surface area (Å²) in [6.45, 7) is 4.08. The van der Waals surface area contributed by atoms with E-state index in [9.17, 15) is 20.1 Å². The van der Waals surface area contributed by atoms with Gasteiger partial charge in [0.25, 0.3) is 0 Å². The van der Waals surface area contributed by atoms with Crippen molar-refractivity contribution in [1.29, 1.82) is 0 Å². The first-order valence-electron chi connectivity index (χ1n) is 12.0. The van der Waals surface area contributed by atoms with Gasteiger partial charge in [0.2, 0.25) is 0 Å². The van der Waals surface area contributed by atoms with E-state index in [1.807, 2.05) is 0 Å². The van der Waals surface area contributed by atoms with E-state index in [1.165, 1.54) is 20.1 Å². The number of nitrogens with zero attached hydrogens (tertiary/aromatic N) is 1. The van der Waals surface area contributed by atoms with E-state index in [-0.39, 0.29) is 18.3 Å². The molecule has 9 nitrogen and oxygen atoms in total. The van der Waals surface area contributed by atoms with Gasteiger partial charge < -0.3 is 35.8 Å². The van der Waals surface area contributed by atoms with Crippen LogP contribution < -0.4 is 15.8 Å². The lowest BCUT2D eigenvalue weighted by atomic mass is 9.72. The minimum atomic E-state index is -0.594. The van der Waals surface area contributed by atoms with Gasteiger partial charge in [-0.05, 0) is 66.7 Å². The van der Waals surface area contributed by atoms with E-state index in [2.05, 4.69) is 17.2 Å². The van der Waals surface area contributed by atoms with Gasteiger partial charge in [-0.2, -0.15) is 0 Å². The van der Waals surface area contributed by atoms with Crippen LogP contribution in [0, 0.1) is 17.8 Å². The van der Waals surface area contributed by atoms with Crippen molar-refractivity contribution in [2.45, 2.75) is 71.2 Å². The standard InChI is InChI=1S/C25H41N3O6/c1-15-5-6-18(9-19(15)13-28-25(26)27-3)22(31)12-21(34-16(2)30)8-7-17-11-24(33-4)23(32)10-20(17)14-29/h10-11,15,18-19,21-22,29,31-32H,5-9,12-14H2,1-4H3,(H3,26,27,28)/t15-,18-,19-,21+,22+/m0/s1. The number of nitrogens with one attached hydrogen (secondary N) is 1. The number of methoxy groups -OCH3 is 1. The SMILES string of the molecule is CN=C(N)NC[C@@H]1C[C@@H]([C@H](O)C[C@@H](CCc2cc(OC)c(O)cc2CO)OC(C)=O)CC[C@@H]1C. The molecule has 5 atom stereocenters. The van der Waals surface area contributed by atoms with Gasteiger partial charge >= 0.3 is 5.97 Å². The molecule has 1 aliphatic rings. The fraction of sp³-hybridized carbons (Fsp3) is 0.680. The fourth-order valence-electron chi connectivity index (χ4n) is 4.84. The number of phenolic OH excluding ortho intramolecular Hbond substituents is 1. The zero-order valence-corrected chi connectivity index (χ0v) is 20.8. The quantitative estimate of drug-likeness (QED) is 0.184. The zero-order valence-electron chi connectivity index (χ0n) is 20.8. The number of benzene rings is 1. The molecule has 0 aliphatic heterocycles. The number of aliphatic imine (C=N–C) groups is 1. The molecule has 0 aromatic heterocycles. The first-order chi connectivity index (χ1) is 16.2. The number of ether oxygens (including phenoxy) is 2. The lowest BCUT2D eigenvalue weighted by Gasteiger charge is -2.37. The second-order valence-corrected chi connectivity index (χ2v) is 9.32. The summed E-state index contributed by atoms with van der Waals surface area (Å²) in [5, 5.41) is 33.8. The lowest BCUT2D eigenvalue weighted by molar-refractivity contribution is -0.148. The van der Waals surface area contributed by atoms with Crippen molar-refractivity contribution in [3.05, 3.63) is 23.3 Å². The van der Waals surface area contributed by atoms with Crippen molar-refractivity contribution < 1.29 is 29.6 Å². The van der Waals surface area contributed by atoms with Gasteiger partial charge in [0.1, 0.15) is 6.10 Å². The number of guanidine groups is 1. The maximum atomic E-state index is 11.7. The van der Waals surface area contributed by atoms with E-state index >= 15 is 0 Å². The van der Waals surface area contributed by atoms with E-state index in [0.29, 0.717) is 54.9 Å². The van der Waals surface area contributed by atoms with E-state index in [4.69, 9.17) is 15.2 Å². The van der Waals surface area contributed by atoms with E-state index in [0.717, 1.165) is 24.8 Å². The smallest absolute Gasteiger partial charge is 0.302 e. The summed E-state index contributed by atoms with van der Waals surface area (Å²) < 4.78 is 10.7. The Morgan fingerprint density at radius 3 is 2.68 bits per heavy atom. The Morgan fingerprint density at radius 1 is 1.32 bits per heavy atom. The van der Waals surface area contributed by atoms with Gasteiger partial charge in [-0.15, -0.1) is 0 Å². The monoisotopic (exact) mass is 479 g/mol. The third-order valence-corrected chi connectivity index (χ3v) is 6.98. The molecule has 1 saturated carbocycles. The summed E-state index contributed by atoms with van der Waals surface area (Å²) in [5.74, 6) is 1.31. The highest BCUT2D eigenvalue weighted by Gasteiger charge is 2.33. The molecule has 34 heavy (non-hydrogen) atoms. The van der Waals surface area contributed by atoms with E-state index in [1.54, 1.807) is 13.1 Å². The van der Waals surface area contributed by atoms with Crippen molar-refractivity contribution >= 4 is 11.9 Å². The predicted octanol–water partition coefficient (Wildman–Crippen LogP) is 2.09. The van der Waals surface area contributed by atoms with Crippen LogP contribution in [0.15, 0.2) is 17.1 Å². The number of phenols is 1. The third-order valence-electron chi connectivity index (χ3n) is 6.98. The van der Waals surface area contributed by atoms with Gasteiger partial charge in [-0.1, -0.05) is 13.3 Å². The Labute approximate surface area is 202 Å². The number of aliphatic hydroxyl groups excluding tert-OH is 2. The van der Waals surface area contributed by atoms with Crippen LogP contribution in [0.25, 0.3) is 0 Å². The zero-order chi connectivity index (χ0) is 25.3. The number of hydrogen-bond donors (Lipinski definition) is 5. The first kappa shape index (κ1) is 27.7. The number of carbonyl (C=O) groups excluding carboxylic acids is 1. The molecule has 1 fully saturated rings. The minimum absolute atomic E-state index is 0.0372. The molecule has 1 aromatic rings. The van der Waals surface area contributed by atoms with Crippen LogP contribution in [0.2, 0.25) is 0 Å². The van der Waals surface area contributed by atoms with Crippen LogP contribution in [-0.2, 0) is 22.6 Å². The van der Waals surface area contributed by atoms with Crippen molar-refractivity contribution in [2.24, 2.45) is 28.5 Å². The summed E-state index contributed by atoms with van der Waals surface area (Å²) in [7, 11) is 3.11. The molecule has 9 heteroatoms.